The number of carbonyl (C=O) groups is 2. The molecule has 1 fully saturated rings. The monoisotopic (exact) mass is 434 g/mol. The van der Waals surface area contributed by atoms with E-state index in [0.717, 1.165) is 35.2 Å². The fourth-order valence-electron chi connectivity index (χ4n) is 4.09. The predicted molar refractivity (Wildman–Crippen MR) is 122 cm³/mol. The maximum atomic E-state index is 12.8. The third kappa shape index (κ3) is 4.80. The number of aryl methyl sites for hydroxylation is 1. The summed E-state index contributed by atoms with van der Waals surface area (Å²) >= 11 is 0. The maximum Gasteiger partial charge on any atom is 0.274 e. The summed E-state index contributed by atoms with van der Waals surface area (Å²) in [5, 5.41) is 3.56. The van der Waals surface area contributed by atoms with Crippen LogP contribution in [-0.4, -0.2) is 46.4 Å². The number of nitrogens with one attached hydrogen (secondary N) is 2. The van der Waals surface area contributed by atoms with Gasteiger partial charge in [0.25, 0.3) is 11.5 Å². The third-order valence-electron chi connectivity index (χ3n) is 5.71. The summed E-state index contributed by atoms with van der Waals surface area (Å²) in [5.74, 6) is 0.401. The number of hydrogen-bond acceptors (Lipinski definition) is 5. The number of nitrogens with zero attached hydrogens (tertiary/aromatic N) is 2. The average molecular weight is 434 g/mol. The van der Waals surface area contributed by atoms with Gasteiger partial charge in [-0.2, -0.15) is 0 Å². The van der Waals surface area contributed by atoms with Crippen molar-refractivity contribution in [2.75, 3.05) is 25.0 Å². The van der Waals surface area contributed by atoms with Crippen LogP contribution >= 0.6 is 0 Å². The Balaban J connectivity index is 1.40. The topological polar surface area (TPSA) is 104 Å². The summed E-state index contributed by atoms with van der Waals surface area (Å²) in [6, 6.07) is 10.9. The summed E-state index contributed by atoms with van der Waals surface area (Å²) in [5.41, 5.74) is 2.63. The first-order valence-corrected chi connectivity index (χ1v) is 10.7. The molecule has 2 N–H and O–H groups in total. The second kappa shape index (κ2) is 9.21. The number of hydrogen-bond donors (Lipinski definition) is 2. The number of carbonyl (C=O) groups excluding carboxylic acids is 2. The van der Waals surface area contributed by atoms with Crippen molar-refractivity contribution in [1.82, 2.24) is 14.9 Å². The molecule has 166 valence electrons. The first-order valence-electron chi connectivity index (χ1n) is 10.7. The van der Waals surface area contributed by atoms with Crippen LogP contribution < -0.4 is 15.6 Å². The molecular formula is C24H26N4O4. The minimum absolute atomic E-state index is 0.0594. The Morgan fingerprint density at radius 1 is 1.28 bits per heavy atom. The number of anilines is 1. The van der Waals surface area contributed by atoms with Crippen LogP contribution in [0.15, 0.2) is 47.4 Å². The fourth-order valence-corrected chi connectivity index (χ4v) is 4.09. The Kier molecular flexibility index (Phi) is 6.20. The molecule has 3 aromatic rings. The summed E-state index contributed by atoms with van der Waals surface area (Å²) in [6.45, 7) is 4.46. The molecule has 2 aromatic heterocycles. The standard InChI is InChI=1S/C24H26N4O4/c1-15-11-19(7-8-20(15)26-16(2)29)32-14-22(30)28-10-4-6-18(13-28)21-12-17-5-3-9-25-23(17)24(31)27-21/h3,5,7-9,11-12,18H,4,6,10,13-14H2,1-2H3,(H,26,29)(H,27,31)/t18-/m1/s1. The van der Waals surface area contributed by atoms with Crippen molar-refractivity contribution in [2.24, 2.45) is 0 Å². The molecule has 8 nitrogen and oxygen atoms in total. The Morgan fingerprint density at radius 2 is 2.12 bits per heavy atom. The predicted octanol–water partition coefficient (Wildman–Crippen LogP) is 2.97. The van der Waals surface area contributed by atoms with Gasteiger partial charge in [-0.25, -0.2) is 0 Å². The van der Waals surface area contributed by atoms with E-state index < -0.39 is 0 Å². The second-order valence-corrected chi connectivity index (χ2v) is 8.12. The van der Waals surface area contributed by atoms with E-state index in [-0.39, 0.29) is 29.9 Å². The van der Waals surface area contributed by atoms with E-state index in [9.17, 15) is 14.4 Å². The van der Waals surface area contributed by atoms with Gasteiger partial charge in [0, 0.05) is 48.9 Å². The number of aromatic nitrogens is 2. The zero-order valence-corrected chi connectivity index (χ0v) is 18.2. The SMILES string of the molecule is CC(=O)Nc1ccc(OCC(=O)N2CCC[C@@H](c3cc4cccnc4c(=O)[nH]3)C2)cc1C. The first-order chi connectivity index (χ1) is 15.4. The lowest BCUT2D eigenvalue weighted by Gasteiger charge is -2.32. The molecule has 0 bridgehead atoms. The fraction of sp³-hybridized carbons (Fsp3) is 0.333. The molecule has 1 atom stereocenters. The third-order valence-corrected chi connectivity index (χ3v) is 5.71. The lowest BCUT2D eigenvalue weighted by Crippen LogP contribution is -2.42. The van der Waals surface area contributed by atoms with Crippen molar-refractivity contribution < 1.29 is 14.3 Å². The molecular weight excluding hydrogens is 408 g/mol. The number of pyridine rings is 2. The number of aromatic amines is 1. The lowest BCUT2D eigenvalue weighted by atomic mass is 9.93. The average Bonchev–Trinajstić information content (AvgIpc) is 2.79. The Morgan fingerprint density at radius 3 is 2.91 bits per heavy atom. The molecule has 1 saturated heterocycles. The minimum atomic E-state index is -0.206. The number of ether oxygens (including phenoxy) is 1. The smallest absolute Gasteiger partial charge is 0.274 e. The molecule has 0 radical (unpaired) electrons. The van der Waals surface area contributed by atoms with Crippen molar-refractivity contribution in [3.63, 3.8) is 0 Å². The van der Waals surface area contributed by atoms with Crippen LogP contribution in [0.25, 0.3) is 10.9 Å². The van der Waals surface area contributed by atoms with Crippen molar-refractivity contribution in [3.05, 3.63) is 64.2 Å². The number of likely N-dealkylation sites (tertiary alicyclic amines) is 1. The normalized spacial score (nSPS) is 16.1. The van der Waals surface area contributed by atoms with E-state index in [4.69, 9.17) is 4.74 Å². The van der Waals surface area contributed by atoms with E-state index in [1.165, 1.54) is 6.92 Å². The molecule has 0 unspecified atom stereocenters. The Bertz CT molecular complexity index is 1220. The number of piperidine rings is 1. The van der Waals surface area contributed by atoms with E-state index in [1.807, 2.05) is 25.1 Å². The van der Waals surface area contributed by atoms with Crippen LogP contribution in [0.3, 0.4) is 0 Å². The molecule has 2 amide bonds. The molecule has 3 heterocycles. The highest BCUT2D eigenvalue weighted by atomic mass is 16.5. The number of amides is 2. The maximum absolute atomic E-state index is 12.8. The number of rotatable bonds is 5. The van der Waals surface area contributed by atoms with Crippen LogP contribution in [0.2, 0.25) is 0 Å². The van der Waals surface area contributed by atoms with Gasteiger partial charge in [-0.05, 0) is 55.7 Å². The molecule has 1 aromatic carbocycles. The van der Waals surface area contributed by atoms with Crippen LogP contribution in [0, 0.1) is 6.92 Å². The highest BCUT2D eigenvalue weighted by Gasteiger charge is 2.26. The Labute approximate surface area is 185 Å². The van der Waals surface area contributed by atoms with E-state index in [1.54, 1.807) is 29.3 Å². The van der Waals surface area contributed by atoms with Crippen LogP contribution in [0.1, 0.15) is 36.9 Å². The second-order valence-electron chi connectivity index (χ2n) is 8.12. The molecule has 0 saturated carbocycles. The number of benzene rings is 1. The van der Waals surface area contributed by atoms with Gasteiger partial charge in [0.05, 0.1) is 0 Å². The molecule has 32 heavy (non-hydrogen) atoms. The molecule has 0 spiro atoms. The van der Waals surface area contributed by atoms with Gasteiger partial charge in [-0.3, -0.25) is 19.4 Å². The van der Waals surface area contributed by atoms with Gasteiger partial charge in [-0.15, -0.1) is 0 Å². The van der Waals surface area contributed by atoms with Gasteiger partial charge in [0.15, 0.2) is 6.61 Å². The van der Waals surface area contributed by atoms with E-state index in [2.05, 4.69) is 15.3 Å². The molecule has 4 rings (SSSR count). The molecule has 8 heteroatoms. The largest absolute Gasteiger partial charge is 0.484 e. The van der Waals surface area contributed by atoms with Crippen molar-refractivity contribution in [3.8, 4) is 5.75 Å². The van der Waals surface area contributed by atoms with E-state index in [0.29, 0.717) is 24.4 Å². The lowest BCUT2D eigenvalue weighted by molar-refractivity contribution is -0.134. The van der Waals surface area contributed by atoms with Crippen LogP contribution in [0.4, 0.5) is 5.69 Å². The quantitative estimate of drug-likeness (QED) is 0.642. The van der Waals surface area contributed by atoms with Gasteiger partial charge < -0.3 is 19.9 Å². The summed E-state index contributed by atoms with van der Waals surface area (Å²) in [6.07, 6.45) is 3.36. The van der Waals surface area contributed by atoms with Crippen molar-refractivity contribution in [1.29, 1.82) is 0 Å². The molecule has 1 aliphatic heterocycles. The van der Waals surface area contributed by atoms with Crippen molar-refractivity contribution in [2.45, 2.75) is 32.6 Å². The number of H-pyrrole nitrogens is 1. The molecule has 1 aliphatic rings. The highest BCUT2D eigenvalue weighted by molar-refractivity contribution is 5.89. The zero-order chi connectivity index (χ0) is 22.7. The summed E-state index contributed by atoms with van der Waals surface area (Å²) in [4.78, 5) is 45.3. The van der Waals surface area contributed by atoms with Gasteiger partial charge >= 0.3 is 0 Å². The van der Waals surface area contributed by atoms with Crippen LogP contribution in [0.5, 0.6) is 5.75 Å². The Hall–Kier alpha value is -3.68. The zero-order valence-electron chi connectivity index (χ0n) is 18.2. The summed E-state index contributed by atoms with van der Waals surface area (Å²) in [7, 11) is 0. The summed E-state index contributed by atoms with van der Waals surface area (Å²) < 4.78 is 5.71. The molecule has 0 aliphatic carbocycles. The van der Waals surface area contributed by atoms with E-state index >= 15 is 0 Å². The van der Waals surface area contributed by atoms with Gasteiger partial charge in [0.2, 0.25) is 5.91 Å². The number of fused-ring (bicyclic) bond motifs is 1. The van der Waals surface area contributed by atoms with Gasteiger partial charge in [0.1, 0.15) is 11.3 Å². The van der Waals surface area contributed by atoms with Gasteiger partial charge in [-0.1, -0.05) is 6.07 Å². The van der Waals surface area contributed by atoms with Crippen LogP contribution in [-0.2, 0) is 9.59 Å². The van der Waals surface area contributed by atoms with Crippen molar-refractivity contribution >= 4 is 28.4 Å². The first kappa shape index (κ1) is 21.5. The highest BCUT2D eigenvalue weighted by Crippen LogP contribution is 2.27. The minimum Gasteiger partial charge on any atom is -0.484 e.